The van der Waals surface area contributed by atoms with Gasteiger partial charge in [0.25, 0.3) is 0 Å². The minimum absolute atomic E-state index is 0.464. The predicted octanol–water partition coefficient (Wildman–Crippen LogP) is 2.30. The highest BCUT2D eigenvalue weighted by atomic mass is 127. The Morgan fingerprint density at radius 1 is 1.44 bits per heavy atom. The molecule has 1 fully saturated rings. The molecule has 1 aromatic rings. The van der Waals surface area contributed by atoms with E-state index in [1.165, 1.54) is 5.56 Å². The number of rotatable bonds is 3. The van der Waals surface area contributed by atoms with E-state index in [1.54, 1.807) is 0 Å². The van der Waals surface area contributed by atoms with E-state index in [1.807, 2.05) is 13.3 Å². The second kappa shape index (κ2) is 5.93. The Morgan fingerprint density at radius 2 is 2.19 bits per heavy atom. The van der Waals surface area contributed by atoms with Gasteiger partial charge in [-0.25, -0.2) is 0 Å². The van der Waals surface area contributed by atoms with Crippen molar-refractivity contribution in [3.8, 4) is 0 Å². The van der Waals surface area contributed by atoms with Crippen LogP contribution in [0.1, 0.15) is 18.4 Å². The Kier molecular flexibility index (Phi) is 4.55. The molecule has 2 heterocycles. The number of methoxy groups -OCH3 is 1. The molecule has 0 radical (unpaired) electrons. The van der Waals surface area contributed by atoms with Crippen LogP contribution in [-0.4, -0.2) is 36.2 Å². The number of likely N-dealkylation sites (tertiary alicyclic amines) is 1. The van der Waals surface area contributed by atoms with Gasteiger partial charge >= 0.3 is 0 Å². The van der Waals surface area contributed by atoms with E-state index in [0.717, 1.165) is 36.2 Å². The molecule has 0 spiro atoms. The van der Waals surface area contributed by atoms with Crippen LogP contribution >= 0.6 is 22.6 Å². The smallest absolute Gasteiger partial charge is 0.101 e. The molecule has 3 nitrogen and oxygen atoms in total. The fourth-order valence-electron chi connectivity index (χ4n) is 2.06. The highest BCUT2D eigenvalue weighted by Crippen LogP contribution is 2.15. The molecule has 0 bridgehead atoms. The molecule has 0 aromatic carbocycles. The number of ether oxygens (including phenoxy) is 1. The maximum Gasteiger partial charge on any atom is 0.101 e. The van der Waals surface area contributed by atoms with Crippen LogP contribution in [0.5, 0.6) is 0 Å². The molecule has 88 valence electrons. The number of nitrogens with zero attached hydrogens (tertiary/aromatic N) is 2. The fraction of sp³-hybridized carbons (Fsp3) is 0.583. The van der Waals surface area contributed by atoms with Crippen LogP contribution in [0.15, 0.2) is 18.3 Å². The monoisotopic (exact) mass is 332 g/mol. The van der Waals surface area contributed by atoms with Crippen molar-refractivity contribution in [2.75, 3.05) is 20.2 Å². The van der Waals surface area contributed by atoms with E-state index in [9.17, 15) is 0 Å². The topological polar surface area (TPSA) is 25.4 Å². The first-order chi connectivity index (χ1) is 7.78. The summed E-state index contributed by atoms with van der Waals surface area (Å²) in [7, 11) is 1.81. The lowest BCUT2D eigenvalue weighted by molar-refractivity contribution is 0.0388. The van der Waals surface area contributed by atoms with Crippen molar-refractivity contribution in [1.29, 1.82) is 0 Å². The van der Waals surface area contributed by atoms with E-state index >= 15 is 0 Å². The first kappa shape index (κ1) is 12.3. The third-order valence-corrected chi connectivity index (χ3v) is 3.70. The van der Waals surface area contributed by atoms with Crippen LogP contribution in [-0.2, 0) is 11.3 Å². The van der Waals surface area contributed by atoms with Crippen molar-refractivity contribution in [2.45, 2.75) is 25.5 Å². The predicted molar refractivity (Wildman–Crippen MR) is 72.3 cm³/mol. The number of piperidine rings is 1. The van der Waals surface area contributed by atoms with Gasteiger partial charge in [-0.05, 0) is 47.1 Å². The van der Waals surface area contributed by atoms with Crippen LogP contribution in [0.2, 0.25) is 0 Å². The van der Waals surface area contributed by atoms with Crippen LogP contribution in [0.4, 0.5) is 0 Å². The molecule has 0 N–H and O–H groups in total. The molecule has 1 aliphatic rings. The van der Waals surface area contributed by atoms with Crippen molar-refractivity contribution in [2.24, 2.45) is 0 Å². The molecule has 0 aliphatic carbocycles. The Labute approximate surface area is 110 Å². The molecule has 4 heteroatoms. The minimum Gasteiger partial charge on any atom is -0.381 e. The van der Waals surface area contributed by atoms with Crippen molar-refractivity contribution < 1.29 is 4.74 Å². The van der Waals surface area contributed by atoms with Crippen LogP contribution in [0.25, 0.3) is 0 Å². The van der Waals surface area contributed by atoms with E-state index in [2.05, 4.69) is 44.6 Å². The first-order valence-corrected chi connectivity index (χ1v) is 6.71. The molecule has 0 unspecified atom stereocenters. The average Bonchev–Trinajstić information content (AvgIpc) is 2.33. The van der Waals surface area contributed by atoms with E-state index < -0.39 is 0 Å². The lowest BCUT2D eigenvalue weighted by atomic mass is 10.1. The average molecular weight is 332 g/mol. The normalized spacial score (nSPS) is 18.9. The Balaban J connectivity index is 1.84. The van der Waals surface area contributed by atoms with Gasteiger partial charge in [0.15, 0.2) is 0 Å². The summed E-state index contributed by atoms with van der Waals surface area (Å²) in [5.74, 6) is 0. The van der Waals surface area contributed by atoms with Crippen molar-refractivity contribution in [3.05, 3.63) is 27.6 Å². The van der Waals surface area contributed by atoms with Gasteiger partial charge in [-0.3, -0.25) is 9.88 Å². The molecule has 1 aromatic heterocycles. The number of halogens is 1. The molecular formula is C12H17IN2O. The zero-order valence-corrected chi connectivity index (χ0v) is 11.7. The van der Waals surface area contributed by atoms with Crippen LogP contribution in [0, 0.1) is 3.70 Å². The second-order valence-corrected chi connectivity index (χ2v) is 5.31. The van der Waals surface area contributed by atoms with E-state index in [4.69, 9.17) is 4.74 Å². The maximum absolute atomic E-state index is 5.37. The van der Waals surface area contributed by atoms with Gasteiger partial charge in [0.1, 0.15) is 3.70 Å². The van der Waals surface area contributed by atoms with Crippen LogP contribution < -0.4 is 0 Å². The first-order valence-electron chi connectivity index (χ1n) is 5.63. The second-order valence-electron chi connectivity index (χ2n) is 4.20. The summed E-state index contributed by atoms with van der Waals surface area (Å²) in [5.41, 5.74) is 1.30. The van der Waals surface area contributed by atoms with Gasteiger partial charge in [-0.2, -0.15) is 0 Å². The quantitative estimate of drug-likeness (QED) is 0.627. The molecule has 16 heavy (non-hydrogen) atoms. The summed E-state index contributed by atoms with van der Waals surface area (Å²) in [6, 6.07) is 4.23. The largest absolute Gasteiger partial charge is 0.381 e. The molecule has 1 saturated heterocycles. The van der Waals surface area contributed by atoms with Crippen molar-refractivity contribution in [1.82, 2.24) is 9.88 Å². The number of hydrogen-bond acceptors (Lipinski definition) is 3. The highest BCUT2D eigenvalue weighted by Gasteiger charge is 2.18. The number of aromatic nitrogens is 1. The van der Waals surface area contributed by atoms with Gasteiger partial charge in [-0.1, -0.05) is 6.07 Å². The summed E-state index contributed by atoms with van der Waals surface area (Å²) >= 11 is 2.23. The van der Waals surface area contributed by atoms with Gasteiger partial charge in [0.05, 0.1) is 6.10 Å². The SMILES string of the molecule is COC1CCN(Cc2ccc(I)nc2)CC1. The number of hydrogen-bond donors (Lipinski definition) is 0. The third-order valence-electron chi connectivity index (χ3n) is 3.06. The molecule has 0 amide bonds. The van der Waals surface area contributed by atoms with Crippen molar-refractivity contribution in [3.63, 3.8) is 0 Å². The molecule has 2 rings (SSSR count). The van der Waals surface area contributed by atoms with E-state index in [0.29, 0.717) is 6.10 Å². The summed E-state index contributed by atoms with van der Waals surface area (Å²) in [4.78, 5) is 6.78. The summed E-state index contributed by atoms with van der Waals surface area (Å²) in [6.45, 7) is 3.27. The molecule has 1 aliphatic heterocycles. The third kappa shape index (κ3) is 3.40. The lowest BCUT2D eigenvalue weighted by Crippen LogP contribution is -2.36. The molecule has 0 saturated carbocycles. The van der Waals surface area contributed by atoms with Gasteiger partial charge in [0, 0.05) is 32.9 Å². The Hall–Kier alpha value is -0.200. The molecular weight excluding hydrogens is 315 g/mol. The zero-order valence-electron chi connectivity index (χ0n) is 9.53. The molecule has 0 atom stereocenters. The maximum atomic E-state index is 5.37. The summed E-state index contributed by atoms with van der Waals surface area (Å²) < 4.78 is 6.42. The zero-order chi connectivity index (χ0) is 11.4. The lowest BCUT2D eigenvalue weighted by Gasteiger charge is -2.31. The minimum atomic E-state index is 0.464. The van der Waals surface area contributed by atoms with Gasteiger partial charge < -0.3 is 4.74 Å². The summed E-state index contributed by atoms with van der Waals surface area (Å²) in [5, 5.41) is 0. The fourth-order valence-corrected chi connectivity index (χ4v) is 2.38. The summed E-state index contributed by atoms with van der Waals surface area (Å²) in [6.07, 6.45) is 4.73. The Morgan fingerprint density at radius 3 is 2.75 bits per heavy atom. The van der Waals surface area contributed by atoms with Crippen LogP contribution in [0.3, 0.4) is 0 Å². The van der Waals surface area contributed by atoms with Crippen molar-refractivity contribution >= 4 is 22.6 Å². The van der Waals surface area contributed by atoms with Gasteiger partial charge in [-0.15, -0.1) is 0 Å². The standard InChI is InChI=1S/C12H17IN2O/c1-16-11-4-6-15(7-5-11)9-10-2-3-12(13)14-8-10/h2-3,8,11H,4-7,9H2,1H3. The van der Waals surface area contributed by atoms with E-state index in [-0.39, 0.29) is 0 Å². The Bertz CT molecular complexity index is 320. The number of pyridine rings is 1. The highest BCUT2D eigenvalue weighted by molar-refractivity contribution is 14.1. The van der Waals surface area contributed by atoms with Gasteiger partial charge in [0.2, 0.25) is 0 Å².